The van der Waals surface area contributed by atoms with Gasteiger partial charge >= 0.3 is 5.97 Å². The molecule has 0 bridgehead atoms. The number of benzene rings is 2. The van der Waals surface area contributed by atoms with Gasteiger partial charge < -0.3 is 19.9 Å². The van der Waals surface area contributed by atoms with Crippen molar-refractivity contribution < 1.29 is 19.1 Å². The molecule has 37 heavy (non-hydrogen) atoms. The number of nitrogens with zero attached hydrogens (tertiary/aromatic N) is 2. The summed E-state index contributed by atoms with van der Waals surface area (Å²) in [6.07, 6.45) is 4.80. The molecule has 0 spiro atoms. The largest absolute Gasteiger partial charge is 0.464 e. The summed E-state index contributed by atoms with van der Waals surface area (Å²) in [4.78, 5) is 46.2. The highest BCUT2D eigenvalue weighted by atomic mass is 35.5. The zero-order valence-electron chi connectivity index (χ0n) is 20.2. The molecule has 0 radical (unpaired) electrons. The second-order valence-electron chi connectivity index (χ2n) is 8.93. The quantitative estimate of drug-likeness (QED) is 0.351. The van der Waals surface area contributed by atoms with E-state index in [0.717, 1.165) is 23.7 Å². The molecular formula is C28H25ClN4O4. The van der Waals surface area contributed by atoms with Crippen molar-refractivity contribution in [1.82, 2.24) is 14.9 Å². The first kappa shape index (κ1) is 24.5. The maximum atomic E-state index is 13.2. The average molecular weight is 517 g/mol. The monoisotopic (exact) mass is 516 g/mol. The van der Waals surface area contributed by atoms with E-state index in [1.54, 1.807) is 12.3 Å². The van der Waals surface area contributed by atoms with Crippen LogP contribution >= 0.6 is 11.6 Å². The molecule has 188 valence electrons. The Balaban J connectivity index is 1.18. The van der Waals surface area contributed by atoms with Crippen molar-refractivity contribution in [3.8, 4) is 0 Å². The van der Waals surface area contributed by atoms with Crippen LogP contribution in [0.3, 0.4) is 0 Å². The molecule has 0 unspecified atom stereocenters. The number of aromatic nitrogens is 2. The van der Waals surface area contributed by atoms with Crippen LogP contribution in [0.4, 0.5) is 5.69 Å². The first-order valence-corrected chi connectivity index (χ1v) is 12.3. The molecule has 9 heteroatoms. The Morgan fingerprint density at radius 2 is 1.81 bits per heavy atom. The topological polar surface area (TPSA) is 104 Å². The number of carbonyl (C=O) groups excluding carboxylic acids is 3. The van der Waals surface area contributed by atoms with Crippen molar-refractivity contribution in [2.75, 3.05) is 25.5 Å². The lowest BCUT2D eigenvalue weighted by molar-refractivity contribution is 0.0593. The third-order valence-corrected chi connectivity index (χ3v) is 7.05. The van der Waals surface area contributed by atoms with Crippen LogP contribution in [0.1, 0.15) is 55.5 Å². The number of ether oxygens (including phenoxy) is 1. The van der Waals surface area contributed by atoms with Crippen molar-refractivity contribution in [3.63, 3.8) is 0 Å². The minimum absolute atomic E-state index is 0.0131. The maximum Gasteiger partial charge on any atom is 0.356 e. The van der Waals surface area contributed by atoms with Crippen molar-refractivity contribution in [1.29, 1.82) is 0 Å². The number of H-pyrrole nitrogens is 1. The zero-order valence-corrected chi connectivity index (χ0v) is 20.9. The number of hydrogen-bond donors (Lipinski definition) is 2. The highest BCUT2D eigenvalue weighted by molar-refractivity contribution is 6.35. The van der Waals surface area contributed by atoms with Gasteiger partial charge in [-0.15, -0.1) is 0 Å². The molecule has 2 amide bonds. The first-order chi connectivity index (χ1) is 17.9. The van der Waals surface area contributed by atoms with E-state index in [4.69, 9.17) is 11.6 Å². The summed E-state index contributed by atoms with van der Waals surface area (Å²) in [6, 6.07) is 16.3. The van der Waals surface area contributed by atoms with Crippen LogP contribution in [-0.2, 0) is 4.74 Å². The van der Waals surface area contributed by atoms with Crippen molar-refractivity contribution in [2.24, 2.45) is 0 Å². The normalized spacial score (nSPS) is 13.9. The minimum Gasteiger partial charge on any atom is -0.464 e. The number of amides is 2. The smallest absolute Gasteiger partial charge is 0.356 e. The van der Waals surface area contributed by atoms with Gasteiger partial charge in [0.05, 0.1) is 28.8 Å². The number of likely N-dealkylation sites (tertiary alicyclic amines) is 1. The standard InChI is InChI=1S/C28H25ClN4O4/c1-37-28(36)24-10-7-19(15-30-24)26(34)32-20-8-5-17(6-9-20)18-11-13-33(14-12-18)27(35)22-16-31-25-21(22)3-2-4-23(25)29/h2-10,15-16,18,31H,11-14H2,1H3,(H,32,34). The van der Waals surface area contributed by atoms with E-state index >= 15 is 0 Å². The van der Waals surface area contributed by atoms with Gasteiger partial charge in [0.25, 0.3) is 11.8 Å². The molecule has 8 nitrogen and oxygen atoms in total. The summed E-state index contributed by atoms with van der Waals surface area (Å²) in [6.45, 7) is 1.34. The predicted octanol–water partition coefficient (Wildman–Crippen LogP) is 5.28. The minimum atomic E-state index is -0.555. The Labute approximate surface area is 218 Å². The molecule has 0 atom stereocenters. The molecule has 2 aromatic carbocycles. The predicted molar refractivity (Wildman–Crippen MR) is 141 cm³/mol. The summed E-state index contributed by atoms with van der Waals surface area (Å²) in [5.41, 5.74) is 3.74. The van der Waals surface area contributed by atoms with Gasteiger partial charge in [-0.25, -0.2) is 9.78 Å². The number of nitrogens with one attached hydrogen (secondary N) is 2. The number of rotatable bonds is 5. The van der Waals surface area contributed by atoms with Gasteiger partial charge in [-0.05, 0) is 54.7 Å². The van der Waals surface area contributed by atoms with E-state index in [2.05, 4.69) is 20.0 Å². The van der Waals surface area contributed by atoms with Crippen LogP contribution in [0.25, 0.3) is 10.9 Å². The summed E-state index contributed by atoms with van der Waals surface area (Å²) in [7, 11) is 1.28. The lowest BCUT2D eigenvalue weighted by atomic mass is 9.89. The van der Waals surface area contributed by atoms with Gasteiger partial charge in [-0.2, -0.15) is 0 Å². The molecule has 1 saturated heterocycles. The molecular weight excluding hydrogens is 492 g/mol. The van der Waals surface area contributed by atoms with Gasteiger partial charge in [-0.1, -0.05) is 35.9 Å². The number of aromatic amines is 1. The van der Waals surface area contributed by atoms with Gasteiger partial charge in [0.1, 0.15) is 5.69 Å². The lowest BCUT2D eigenvalue weighted by Crippen LogP contribution is -2.37. The highest BCUT2D eigenvalue weighted by Crippen LogP contribution is 2.31. The molecule has 1 fully saturated rings. The fraction of sp³-hybridized carbons (Fsp3) is 0.214. The summed E-state index contributed by atoms with van der Waals surface area (Å²) < 4.78 is 4.62. The number of methoxy groups -OCH3 is 1. The number of hydrogen-bond acceptors (Lipinski definition) is 5. The number of esters is 1. The molecule has 0 aliphatic carbocycles. The molecule has 1 aliphatic rings. The van der Waals surface area contributed by atoms with E-state index in [-0.39, 0.29) is 17.5 Å². The van der Waals surface area contributed by atoms with E-state index < -0.39 is 5.97 Å². The number of piperidine rings is 1. The number of fused-ring (bicyclic) bond motifs is 1. The van der Waals surface area contributed by atoms with Crippen LogP contribution in [-0.4, -0.2) is 52.9 Å². The fourth-order valence-corrected chi connectivity index (χ4v) is 4.91. The van der Waals surface area contributed by atoms with Gasteiger partial charge in [0.15, 0.2) is 0 Å². The number of anilines is 1. The first-order valence-electron chi connectivity index (χ1n) is 11.9. The van der Waals surface area contributed by atoms with Crippen LogP contribution in [0.5, 0.6) is 0 Å². The van der Waals surface area contributed by atoms with Crippen LogP contribution in [0.2, 0.25) is 5.02 Å². The van der Waals surface area contributed by atoms with Gasteiger partial charge in [0.2, 0.25) is 0 Å². The summed E-state index contributed by atoms with van der Waals surface area (Å²) in [5.74, 6) is -0.525. The van der Waals surface area contributed by atoms with E-state index in [0.29, 0.717) is 40.8 Å². The van der Waals surface area contributed by atoms with E-state index in [1.807, 2.05) is 41.3 Å². The van der Waals surface area contributed by atoms with Gasteiger partial charge in [-0.3, -0.25) is 9.59 Å². The van der Waals surface area contributed by atoms with Crippen molar-refractivity contribution in [3.05, 3.63) is 94.4 Å². The lowest BCUT2D eigenvalue weighted by Gasteiger charge is -2.32. The summed E-state index contributed by atoms with van der Waals surface area (Å²) >= 11 is 6.24. The summed E-state index contributed by atoms with van der Waals surface area (Å²) in [5, 5.41) is 4.29. The Bertz CT molecular complexity index is 1460. The molecule has 0 saturated carbocycles. The molecule has 5 rings (SSSR count). The number of para-hydroxylation sites is 1. The Morgan fingerprint density at radius 1 is 1.05 bits per heavy atom. The van der Waals surface area contributed by atoms with Crippen LogP contribution < -0.4 is 5.32 Å². The molecule has 2 aromatic heterocycles. The third kappa shape index (κ3) is 5.06. The van der Waals surface area contributed by atoms with Crippen LogP contribution in [0, 0.1) is 0 Å². The number of pyridine rings is 1. The van der Waals surface area contributed by atoms with Crippen LogP contribution in [0.15, 0.2) is 67.0 Å². The molecule has 4 aromatic rings. The SMILES string of the molecule is COC(=O)c1ccc(C(=O)Nc2ccc(C3CCN(C(=O)c4c[nH]c5c(Cl)cccc45)CC3)cc2)cn1. The Morgan fingerprint density at radius 3 is 2.49 bits per heavy atom. The zero-order chi connectivity index (χ0) is 25.9. The van der Waals surface area contributed by atoms with E-state index in [1.165, 1.54) is 31.0 Å². The number of carbonyl (C=O) groups is 3. The highest BCUT2D eigenvalue weighted by Gasteiger charge is 2.26. The maximum absolute atomic E-state index is 13.2. The molecule has 1 aliphatic heterocycles. The van der Waals surface area contributed by atoms with Crippen molar-refractivity contribution >= 4 is 46.0 Å². The molecule has 2 N–H and O–H groups in total. The van der Waals surface area contributed by atoms with E-state index in [9.17, 15) is 14.4 Å². The Hall–Kier alpha value is -4.17. The second-order valence-corrected chi connectivity index (χ2v) is 9.34. The molecule has 3 heterocycles. The van der Waals surface area contributed by atoms with Gasteiger partial charge in [0, 0.05) is 36.6 Å². The Kier molecular flexibility index (Phi) is 6.92. The third-order valence-electron chi connectivity index (χ3n) is 6.74. The second kappa shape index (κ2) is 10.4. The number of halogens is 1. The van der Waals surface area contributed by atoms with Crippen molar-refractivity contribution in [2.45, 2.75) is 18.8 Å². The average Bonchev–Trinajstić information content (AvgIpc) is 3.38. The fourth-order valence-electron chi connectivity index (χ4n) is 4.68.